The predicted molar refractivity (Wildman–Crippen MR) is 79.7 cm³/mol. The SMILES string of the molecule is CC(C)(C)c1ccc2c(c1)Nc1ccc(C#N)cc1O2. The number of nitriles is 1. The summed E-state index contributed by atoms with van der Waals surface area (Å²) in [5.74, 6) is 1.49. The molecule has 0 atom stereocenters. The van der Waals surface area contributed by atoms with Gasteiger partial charge in [-0.15, -0.1) is 0 Å². The first kappa shape index (κ1) is 12.6. The number of ether oxygens (including phenoxy) is 1. The van der Waals surface area contributed by atoms with E-state index in [4.69, 9.17) is 10.00 Å². The molecule has 0 saturated heterocycles. The van der Waals surface area contributed by atoms with Crippen molar-refractivity contribution in [1.29, 1.82) is 5.26 Å². The Morgan fingerprint density at radius 2 is 1.80 bits per heavy atom. The molecule has 0 bridgehead atoms. The van der Waals surface area contributed by atoms with Crippen LogP contribution in [0.2, 0.25) is 0 Å². The molecule has 0 radical (unpaired) electrons. The first-order chi connectivity index (χ1) is 9.47. The molecule has 0 aromatic heterocycles. The van der Waals surface area contributed by atoms with Gasteiger partial charge in [0.1, 0.15) is 0 Å². The van der Waals surface area contributed by atoms with Crippen LogP contribution in [0.3, 0.4) is 0 Å². The van der Waals surface area contributed by atoms with E-state index in [1.165, 1.54) is 5.56 Å². The lowest BCUT2D eigenvalue weighted by molar-refractivity contribution is 0.479. The lowest BCUT2D eigenvalue weighted by atomic mass is 9.86. The van der Waals surface area contributed by atoms with Crippen molar-refractivity contribution in [1.82, 2.24) is 0 Å². The Kier molecular flexibility index (Phi) is 2.69. The van der Waals surface area contributed by atoms with Crippen LogP contribution >= 0.6 is 0 Å². The van der Waals surface area contributed by atoms with Crippen molar-refractivity contribution in [3.63, 3.8) is 0 Å². The summed E-state index contributed by atoms with van der Waals surface area (Å²) in [6.07, 6.45) is 0. The molecule has 1 aliphatic heterocycles. The number of rotatable bonds is 0. The summed E-state index contributed by atoms with van der Waals surface area (Å²) in [6, 6.07) is 13.7. The average molecular weight is 264 g/mol. The third-order valence-corrected chi connectivity index (χ3v) is 3.45. The summed E-state index contributed by atoms with van der Waals surface area (Å²) in [5.41, 5.74) is 3.81. The number of fused-ring (bicyclic) bond motifs is 2. The minimum Gasteiger partial charge on any atom is -0.453 e. The van der Waals surface area contributed by atoms with E-state index in [-0.39, 0.29) is 5.41 Å². The minimum atomic E-state index is 0.0989. The third-order valence-electron chi connectivity index (χ3n) is 3.45. The standard InChI is InChI=1S/C17H16N2O/c1-17(2,3)12-5-7-15-14(9-12)19-13-6-4-11(10-18)8-16(13)20-15/h4-9,19H,1-3H3. The Bertz CT molecular complexity index is 721. The fourth-order valence-corrected chi connectivity index (χ4v) is 2.23. The third kappa shape index (κ3) is 2.10. The highest BCUT2D eigenvalue weighted by Gasteiger charge is 2.20. The molecule has 20 heavy (non-hydrogen) atoms. The Morgan fingerprint density at radius 3 is 2.50 bits per heavy atom. The van der Waals surface area contributed by atoms with E-state index in [2.05, 4.69) is 44.3 Å². The maximum atomic E-state index is 8.93. The van der Waals surface area contributed by atoms with Crippen molar-refractivity contribution in [3.05, 3.63) is 47.5 Å². The molecule has 0 unspecified atom stereocenters. The largest absolute Gasteiger partial charge is 0.453 e. The molecule has 0 saturated carbocycles. The average Bonchev–Trinajstić information content (AvgIpc) is 2.42. The van der Waals surface area contributed by atoms with E-state index < -0.39 is 0 Å². The van der Waals surface area contributed by atoms with Crippen molar-refractivity contribution in [3.8, 4) is 17.6 Å². The minimum absolute atomic E-state index is 0.0989. The highest BCUT2D eigenvalue weighted by atomic mass is 16.5. The maximum Gasteiger partial charge on any atom is 0.152 e. The molecule has 3 rings (SSSR count). The summed E-state index contributed by atoms with van der Waals surface area (Å²) < 4.78 is 5.87. The lowest BCUT2D eigenvalue weighted by Gasteiger charge is -2.25. The summed E-state index contributed by atoms with van der Waals surface area (Å²) in [4.78, 5) is 0. The Labute approximate surface area is 118 Å². The molecule has 2 aromatic carbocycles. The normalized spacial score (nSPS) is 12.5. The molecular weight excluding hydrogens is 248 g/mol. The molecule has 2 aromatic rings. The maximum absolute atomic E-state index is 8.93. The van der Waals surface area contributed by atoms with Crippen molar-refractivity contribution in [2.45, 2.75) is 26.2 Å². The van der Waals surface area contributed by atoms with Gasteiger partial charge in [0, 0.05) is 6.07 Å². The van der Waals surface area contributed by atoms with Gasteiger partial charge in [0.05, 0.1) is 23.0 Å². The van der Waals surface area contributed by atoms with Crippen molar-refractivity contribution < 1.29 is 4.74 Å². The highest BCUT2D eigenvalue weighted by molar-refractivity contribution is 5.76. The second-order valence-electron chi connectivity index (χ2n) is 6.01. The van der Waals surface area contributed by atoms with Crippen LogP contribution < -0.4 is 10.1 Å². The molecule has 1 N–H and O–H groups in total. The molecule has 0 spiro atoms. The van der Waals surface area contributed by atoms with Gasteiger partial charge in [-0.3, -0.25) is 0 Å². The molecule has 3 nitrogen and oxygen atoms in total. The summed E-state index contributed by atoms with van der Waals surface area (Å²) in [6.45, 7) is 6.56. The zero-order valence-corrected chi connectivity index (χ0v) is 11.8. The number of benzene rings is 2. The molecule has 1 heterocycles. The van der Waals surface area contributed by atoms with Crippen molar-refractivity contribution >= 4 is 11.4 Å². The lowest BCUT2D eigenvalue weighted by Crippen LogP contribution is -2.12. The zero-order chi connectivity index (χ0) is 14.3. The summed E-state index contributed by atoms with van der Waals surface area (Å²) >= 11 is 0. The highest BCUT2D eigenvalue weighted by Crippen LogP contribution is 2.43. The monoisotopic (exact) mass is 264 g/mol. The van der Waals surface area contributed by atoms with E-state index in [0.29, 0.717) is 11.3 Å². The van der Waals surface area contributed by atoms with E-state index in [9.17, 15) is 0 Å². The van der Waals surface area contributed by atoms with Gasteiger partial charge >= 0.3 is 0 Å². The second-order valence-corrected chi connectivity index (χ2v) is 6.01. The van der Waals surface area contributed by atoms with Crippen LogP contribution in [0.25, 0.3) is 0 Å². The predicted octanol–water partition coefficient (Wildman–Crippen LogP) is 4.71. The van der Waals surface area contributed by atoms with Crippen LogP contribution in [0.5, 0.6) is 11.5 Å². The number of anilines is 2. The molecule has 0 fully saturated rings. The van der Waals surface area contributed by atoms with Gasteiger partial charge in [0.15, 0.2) is 11.5 Å². The summed E-state index contributed by atoms with van der Waals surface area (Å²) in [5, 5.41) is 12.3. The van der Waals surface area contributed by atoms with Crippen LogP contribution in [0.1, 0.15) is 31.9 Å². The van der Waals surface area contributed by atoms with Gasteiger partial charge < -0.3 is 10.1 Å². The van der Waals surface area contributed by atoms with E-state index in [1.54, 1.807) is 12.1 Å². The summed E-state index contributed by atoms with van der Waals surface area (Å²) in [7, 11) is 0. The van der Waals surface area contributed by atoms with Crippen LogP contribution in [-0.4, -0.2) is 0 Å². The second kappa shape index (κ2) is 4.28. The van der Waals surface area contributed by atoms with Gasteiger partial charge in [-0.2, -0.15) is 5.26 Å². The number of nitrogens with zero attached hydrogens (tertiary/aromatic N) is 1. The van der Waals surface area contributed by atoms with Gasteiger partial charge in [-0.05, 0) is 35.2 Å². The molecule has 0 aliphatic carbocycles. The quantitative estimate of drug-likeness (QED) is 0.639. The zero-order valence-electron chi connectivity index (χ0n) is 11.8. The fraction of sp³-hybridized carbons (Fsp3) is 0.235. The van der Waals surface area contributed by atoms with Gasteiger partial charge in [0.25, 0.3) is 0 Å². The smallest absolute Gasteiger partial charge is 0.152 e. The van der Waals surface area contributed by atoms with Crippen molar-refractivity contribution in [2.75, 3.05) is 5.32 Å². The van der Waals surface area contributed by atoms with E-state index >= 15 is 0 Å². The van der Waals surface area contributed by atoms with Gasteiger partial charge in [-0.1, -0.05) is 26.8 Å². The van der Waals surface area contributed by atoms with E-state index in [0.717, 1.165) is 17.1 Å². The molecule has 3 heteroatoms. The van der Waals surface area contributed by atoms with Crippen LogP contribution in [0.4, 0.5) is 11.4 Å². The molecule has 1 aliphatic rings. The van der Waals surface area contributed by atoms with Crippen LogP contribution in [0, 0.1) is 11.3 Å². The first-order valence-corrected chi connectivity index (χ1v) is 6.61. The fourth-order valence-electron chi connectivity index (χ4n) is 2.23. The Morgan fingerprint density at radius 1 is 1.00 bits per heavy atom. The molecule has 0 amide bonds. The number of nitrogens with one attached hydrogen (secondary N) is 1. The van der Waals surface area contributed by atoms with Gasteiger partial charge in [0.2, 0.25) is 0 Å². The topological polar surface area (TPSA) is 45.0 Å². The number of hydrogen-bond acceptors (Lipinski definition) is 3. The van der Waals surface area contributed by atoms with Crippen molar-refractivity contribution in [2.24, 2.45) is 0 Å². The van der Waals surface area contributed by atoms with Crippen LogP contribution in [0.15, 0.2) is 36.4 Å². The Balaban J connectivity index is 2.02. The van der Waals surface area contributed by atoms with Gasteiger partial charge in [-0.25, -0.2) is 0 Å². The van der Waals surface area contributed by atoms with Crippen LogP contribution in [-0.2, 0) is 5.41 Å². The first-order valence-electron chi connectivity index (χ1n) is 6.61. The Hall–Kier alpha value is -2.47. The van der Waals surface area contributed by atoms with E-state index in [1.807, 2.05) is 12.1 Å². The number of hydrogen-bond donors (Lipinski definition) is 1. The molecular formula is C17H16N2O. The molecule has 100 valence electrons.